The lowest BCUT2D eigenvalue weighted by Crippen LogP contribution is -2.38. The number of rotatable bonds is 2. The maximum atomic E-state index is 6.02. The molecule has 0 bridgehead atoms. The van der Waals surface area contributed by atoms with Gasteiger partial charge in [0.25, 0.3) is 0 Å². The Morgan fingerprint density at radius 2 is 2.04 bits per heavy atom. The molecule has 6 heteroatoms. The van der Waals surface area contributed by atoms with Crippen LogP contribution in [0, 0.1) is 0 Å². The standard InChI is InChI=1S/C17H17N5S/c18-16-11-9-14(23-13(11)5-6-19-16)15-10-3-1-4-12(10)20-17(21-15)22-7-2-8-22/h5-6,9H,1-4,7-8H2,(H2,18,19). The smallest absolute Gasteiger partial charge is 0.226 e. The highest BCUT2D eigenvalue weighted by atomic mass is 32.1. The van der Waals surface area contributed by atoms with E-state index in [2.05, 4.69) is 16.0 Å². The van der Waals surface area contributed by atoms with E-state index in [1.165, 1.54) is 33.7 Å². The van der Waals surface area contributed by atoms with E-state index >= 15 is 0 Å². The second kappa shape index (κ2) is 4.89. The SMILES string of the molecule is Nc1nccc2sc(-c3nc(N4CCC4)nc4c3CCC4)cc12. The number of nitrogen functional groups attached to an aromatic ring is 1. The molecule has 3 aromatic rings. The molecule has 1 fully saturated rings. The summed E-state index contributed by atoms with van der Waals surface area (Å²) < 4.78 is 1.17. The summed E-state index contributed by atoms with van der Waals surface area (Å²) in [5.74, 6) is 1.49. The van der Waals surface area contributed by atoms with Gasteiger partial charge in [0.15, 0.2) is 0 Å². The van der Waals surface area contributed by atoms with E-state index in [1.807, 2.05) is 6.07 Å². The maximum absolute atomic E-state index is 6.02. The minimum absolute atomic E-state index is 0.596. The van der Waals surface area contributed by atoms with Gasteiger partial charge in [-0.3, -0.25) is 0 Å². The number of nitrogens with two attached hydrogens (primary N) is 1. The third kappa shape index (κ3) is 2.01. The van der Waals surface area contributed by atoms with Crippen molar-refractivity contribution in [1.82, 2.24) is 15.0 Å². The van der Waals surface area contributed by atoms with Crippen LogP contribution in [0.2, 0.25) is 0 Å². The molecule has 0 amide bonds. The van der Waals surface area contributed by atoms with Gasteiger partial charge in [0.05, 0.1) is 10.6 Å². The predicted molar refractivity (Wildman–Crippen MR) is 93.9 cm³/mol. The van der Waals surface area contributed by atoms with Crippen molar-refractivity contribution in [3.8, 4) is 10.6 Å². The van der Waals surface area contributed by atoms with Gasteiger partial charge in [0.2, 0.25) is 5.95 Å². The Kier molecular flexibility index (Phi) is 2.82. The van der Waals surface area contributed by atoms with Gasteiger partial charge < -0.3 is 10.6 Å². The fraction of sp³-hybridized carbons (Fsp3) is 0.353. The molecule has 1 aliphatic heterocycles. The zero-order valence-electron chi connectivity index (χ0n) is 12.7. The normalized spacial score (nSPS) is 16.6. The molecule has 3 aromatic heterocycles. The Balaban J connectivity index is 1.71. The van der Waals surface area contributed by atoms with Crippen molar-refractivity contribution in [2.75, 3.05) is 23.7 Å². The van der Waals surface area contributed by atoms with E-state index in [0.717, 1.165) is 43.0 Å². The Morgan fingerprint density at radius 3 is 2.83 bits per heavy atom. The highest BCUT2D eigenvalue weighted by Crippen LogP contribution is 2.39. The number of pyridine rings is 1. The molecule has 1 aliphatic carbocycles. The Morgan fingerprint density at radius 1 is 1.13 bits per heavy atom. The number of hydrogen-bond acceptors (Lipinski definition) is 6. The summed E-state index contributed by atoms with van der Waals surface area (Å²) in [5.41, 5.74) is 9.69. The van der Waals surface area contributed by atoms with Crippen LogP contribution >= 0.6 is 11.3 Å². The molecule has 4 heterocycles. The summed E-state index contributed by atoms with van der Waals surface area (Å²) in [5, 5.41) is 1.03. The Bertz CT molecular complexity index is 913. The first-order valence-corrected chi connectivity index (χ1v) is 8.90. The minimum Gasteiger partial charge on any atom is -0.383 e. The van der Waals surface area contributed by atoms with Crippen molar-refractivity contribution in [2.45, 2.75) is 25.7 Å². The second-order valence-electron chi connectivity index (χ2n) is 6.21. The number of nitrogens with zero attached hydrogens (tertiary/aromatic N) is 4. The van der Waals surface area contributed by atoms with Gasteiger partial charge >= 0.3 is 0 Å². The maximum Gasteiger partial charge on any atom is 0.226 e. The van der Waals surface area contributed by atoms with Gasteiger partial charge in [-0.1, -0.05) is 0 Å². The van der Waals surface area contributed by atoms with Gasteiger partial charge in [-0.2, -0.15) is 0 Å². The Hall–Kier alpha value is -2.21. The van der Waals surface area contributed by atoms with Gasteiger partial charge in [-0.25, -0.2) is 15.0 Å². The lowest BCUT2D eigenvalue weighted by Gasteiger charge is -2.31. The molecule has 0 spiro atoms. The van der Waals surface area contributed by atoms with Crippen molar-refractivity contribution in [3.05, 3.63) is 29.6 Å². The van der Waals surface area contributed by atoms with E-state index < -0.39 is 0 Å². The van der Waals surface area contributed by atoms with Crippen LogP contribution in [0.15, 0.2) is 18.3 Å². The van der Waals surface area contributed by atoms with Crippen LogP contribution in [-0.2, 0) is 12.8 Å². The summed E-state index contributed by atoms with van der Waals surface area (Å²) in [6, 6.07) is 4.17. The van der Waals surface area contributed by atoms with Crippen LogP contribution in [0.25, 0.3) is 20.7 Å². The lowest BCUT2D eigenvalue weighted by molar-refractivity contribution is 0.599. The molecule has 2 aliphatic rings. The summed E-state index contributed by atoms with van der Waals surface area (Å²) in [6.07, 6.45) is 6.33. The monoisotopic (exact) mass is 323 g/mol. The molecule has 5 rings (SSSR count). The van der Waals surface area contributed by atoms with Crippen molar-refractivity contribution >= 4 is 33.2 Å². The Labute approximate surface area is 138 Å². The van der Waals surface area contributed by atoms with Crippen LogP contribution in [-0.4, -0.2) is 28.0 Å². The molecule has 0 atom stereocenters. The van der Waals surface area contributed by atoms with Crippen LogP contribution in [0.3, 0.4) is 0 Å². The summed E-state index contributed by atoms with van der Waals surface area (Å²) >= 11 is 1.75. The van der Waals surface area contributed by atoms with Gasteiger partial charge in [-0.15, -0.1) is 11.3 Å². The topological polar surface area (TPSA) is 67.9 Å². The van der Waals surface area contributed by atoms with Gasteiger partial charge in [-0.05, 0) is 37.8 Å². The number of fused-ring (bicyclic) bond motifs is 2. The fourth-order valence-corrected chi connectivity index (χ4v) is 4.46. The number of aryl methyl sites for hydroxylation is 1. The molecule has 2 N–H and O–H groups in total. The third-order valence-corrected chi connectivity index (χ3v) is 5.88. The number of thiophene rings is 1. The van der Waals surface area contributed by atoms with E-state index in [4.69, 9.17) is 15.7 Å². The first-order valence-electron chi connectivity index (χ1n) is 8.09. The van der Waals surface area contributed by atoms with E-state index in [1.54, 1.807) is 17.5 Å². The summed E-state index contributed by atoms with van der Waals surface area (Å²) in [6.45, 7) is 2.14. The van der Waals surface area contributed by atoms with Crippen LogP contribution in [0.1, 0.15) is 24.1 Å². The summed E-state index contributed by atoms with van der Waals surface area (Å²) in [7, 11) is 0. The first-order chi connectivity index (χ1) is 11.3. The number of aromatic nitrogens is 3. The molecular weight excluding hydrogens is 306 g/mol. The molecule has 0 radical (unpaired) electrons. The van der Waals surface area contributed by atoms with E-state index in [0.29, 0.717) is 5.82 Å². The van der Waals surface area contributed by atoms with Crippen molar-refractivity contribution < 1.29 is 0 Å². The highest BCUT2D eigenvalue weighted by molar-refractivity contribution is 7.22. The largest absolute Gasteiger partial charge is 0.383 e. The van der Waals surface area contributed by atoms with Crippen molar-refractivity contribution in [1.29, 1.82) is 0 Å². The molecule has 1 saturated heterocycles. The van der Waals surface area contributed by atoms with Crippen molar-refractivity contribution in [3.63, 3.8) is 0 Å². The number of hydrogen-bond donors (Lipinski definition) is 1. The zero-order valence-corrected chi connectivity index (χ0v) is 13.6. The molecule has 0 saturated carbocycles. The van der Waals surface area contributed by atoms with Crippen LogP contribution in [0.5, 0.6) is 0 Å². The molecule has 5 nitrogen and oxygen atoms in total. The van der Waals surface area contributed by atoms with Crippen molar-refractivity contribution in [2.24, 2.45) is 0 Å². The molecule has 23 heavy (non-hydrogen) atoms. The fourth-order valence-electron chi connectivity index (χ4n) is 3.38. The van der Waals surface area contributed by atoms with Gasteiger partial charge in [0, 0.05) is 40.6 Å². The highest BCUT2D eigenvalue weighted by Gasteiger charge is 2.25. The quantitative estimate of drug-likeness (QED) is 0.785. The van der Waals surface area contributed by atoms with E-state index in [9.17, 15) is 0 Å². The molecule has 0 unspecified atom stereocenters. The van der Waals surface area contributed by atoms with Gasteiger partial charge in [0.1, 0.15) is 5.82 Å². The van der Waals surface area contributed by atoms with E-state index in [-0.39, 0.29) is 0 Å². The number of anilines is 2. The zero-order chi connectivity index (χ0) is 15.4. The molecule has 116 valence electrons. The lowest BCUT2D eigenvalue weighted by atomic mass is 10.1. The molecular formula is C17H17N5S. The first kappa shape index (κ1) is 13.2. The van der Waals surface area contributed by atoms with Crippen LogP contribution in [0.4, 0.5) is 11.8 Å². The third-order valence-electron chi connectivity index (χ3n) is 4.77. The van der Waals surface area contributed by atoms with Crippen LogP contribution < -0.4 is 10.6 Å². The average Bonchev–Trinajstić information content (AvgIpc) is 3.11. The average molecular weight is 323 g/mol. The second-order valence-corrected chi connectivity index (χ2v) is 7.29. The predicted octanol–water partition coefficient (Wildman–Crippen LogP) is 3.03. The molecule has 0 aromatic carbocycles. The minimum atomic E-state index is 0.596. The summed E-state index contributed by atoms with van der Waals surface area (Å²) in [4.78, 5) is 17.4.